The fourth-order valence-electron chi connectivity index (χ4n) is 2.09. The van der Waals surface area contributed by atoms with Crippen molar-refractivity contribution in [2.24, 2.45) is 0 Å². The average molecular weight is 295 g/mol. The number of para-hydroxylation sites is 1. The molecule has 3 rings (SSSR count). The van der Waals surface area contributed by atoms with Gasteiger partial charge < -0.3 is 5.11 Å². The van der Waals surface area contributed by atoms with Gasteiger partial charge in [0.2, 0.25) is 0 Å². The van der Waals surface area contributed by atoms with E-state index in [-0.39, 0.29) is 5.56 Å². The minimum absolute atomic E-state index is 0.259. The molecule has 1 aromatic heterocycles. The van der Waals surface area contributed by atoms with Crippen LogP contribution in [0.3, 0.4) is 0 Å². The first-order valence-electron chi connectivity index (χ1n) is 6.54. The quantitative estimate of drug-likeness (QED) is 0.732. The third kappa shape index (κ3) is 3.06. The van der Waals surface area contributed by atoms with Gasteiger partial charge in [0.25, 0.3) is 0 Å². The smallest absolute Gasteiger partial charge is 0.338 e. The first kappa shape index (κ1) is 13.6. The van der Waals surface area contributed by atoms with Crippen molar-refractivity contribution in [1.82, 2.24) is 4.98 Å². The number of rotatable bonds is 4. The number of carbonyl (C=O) groups is 1. The molecule has 21 heavy (non-hydrogen) atoms. The number of benzene rings is 2. The van der Waals surface area contributed by atoms with Gasteiger partial charge in [0.1, 0.15) is 5.03 Å². The fraction of sp³-hybridized carbons (Fsp3) is 0.0588. The predicted molar refractivity (Wildman–Crippen MR) is 84.7 cm³/mol. The average Bonchev–Trinajstić information content (AvgIpc) is 2.53. The number of hydrogen-bond donors (Lipinski definition) is 1. The van der Waals surface area contributed by atoms with E-state index in [1.165, 1.54) is 11.8 Å². The number of carboxylic acid groups (broad SMARTS) is 1. The van der Waals surface area contributed by atoms with Gasteiger partial charge in [0.05, 0.1) is 11.1 Å². The van der Waals surface area contributed by atoms with Crippen LogP contribution in [0.2, 0.25) is 0 Å². The summed E-state index contributed by atoms with van der Waals surface area (Å²) in [6.45, 7) is 0. The second-order valence-electron chi connectivity index (χ2n) is 4.61. The third-order valence-electron chi connectivity index (χ3n) is 3.14. The molecular formula is C17H13NO2S. The van der Waals surface area contributed by atoms with Crippen LogP contribution >= 0.6 is 11.8 Å². The zero-order chi connectivity index (χ0) is 14.7. The van der Waals surface area contributed by atoms with E-state index >= 15 is 0 Å². The largest absolute Gasteiger partial charge is 0.478 e. The summed E-state index contributed by atoms with van der Waals surface area (Å²) in [6.07, 6.45) is 0. The van der Waals surface area contributed by atoms with E-state index in [2.05, 4.69) is 4.98 Å². The summed E-state index contributed by atoms with van der Waals surface area (Å²) < 4.78 is 0. The van der Waals surface area contributed by atoms with Gasteiger partial charge in [0, 0.05) is 11.1 Å². The highest BCUT2D eigenvalue weighted by Gasteiger charge is 2.13. The van der Waals surface area contributed by atoms with Gasteiger partial charge in [0.15, 0.2) is 0 Å². The molecule has 2 aromatic carbocycles. The summed E-state index contributed by atoms with van der Waals surface area (Å²) in [4.78, 5) is 15.9. The SMILES string of the molecule is O=C(O)c1cc2ccccc2nc1SCc1ccccc1. The minimum atomic E-state index is -0.941. The number of nitrogens with zero attached hydrogens (tertiary/aromatic N) is 1. The number of aromatic nitrogens is 1. The van der Waals surface area contributed by atoms with Crippen LogP contribution in [-0.2, 0) is 5.75 Å². The topological polar surface area (TPSA) is 50.2 Å². The van der Waals surface area contributed by atoms with Crippen LogP contribution in [0, 0.1) is 0 Å². The van der Waals surface area contributed by atoms with E-state index in [1.54, 1.807) is 6.07 Å². The number of aromatic carboxylic acids is 1. The lowest BCUT2D eigenvalue weighted by molar-refractivity contribution is 0.0692. The lowest BCUT2D eigenvalue weighted by Crippen LogP contribution is -2.01. The van der Waals surface area contributed by atoms with Gasteiger partial charge in [-0.3, -0.25) is 0 Å². The second-order valence-corrected chi connectivity index (χ2v) is 5.58. The number of hydrogen-bond acceptors (Lipinski definition) is 3. The van der Waals surface area contributed by atoms with Crippen LogP contribution in [0.15, 0.2) is 65.7 Å². The molecule has 0 aliphatic rings. The Hall–Kier alpha value is -2.33. The summed E-state index contributed by atoms with van der Waals surface area (Å²) >= 11 is 1.45. The van der Waals surface area contributed by atoms with Gasteiger partial charge in [-0.15, -0.1) is 11.8 Å². The molecule has 1 N–H and O–H groups in total. The van der Waals surface area contributed by atoms with E-state index in [1.807, 2.05) is 54.6 Å². The van der Waals surface area contributed by atoms with Crippen molar-refractivity contribution in [2.75, 3.05) is 0 Å². The van der Waals surface area contributed by atoms with Crippen molar-refractivity contribution in [3.8, 4) is 0 Å². The molecule has 4 heteroatoms. The number of fused-ring (bicyclic) bond motifs is 1. The van der Waals surface area contributed by atoms with Crippen molar-refractivity contribution in [1.29, 1.82) is 0 Å². The molecule has 0 amide bonds. The highest BCUT2D eigenvalue weighted by molar-refractivity contribution is 7.98. The lowest BCUT2D eigenvalue weighted by Gasteiger charge is -2.07. The normalized spacial score (nSPS) is 10.7. The van der Waals surface area contributed by atoms with Crippen LogP contribution in [-0.4, -0.2) is 16.1 Å². The lowest BCUT2D eigenvalue weighted by atomic mass is 10.1. The highest BCUT2D eigenvalue weighted by Crippen LogP contribution is 2.27. The molecule has 0 aliphatic carbocycles. The molecule has 0 aliphatic heterocycles. The summed E-state index contributed by atoms with van der Waals surface area (Å²) in [5.74, 6) is -0.240. The standard InChI is InChI=1S/C17H13NO2S/c19-17(20)14-10-13-8-4-5-9-15(13)18-16(14)21-11-12-6-2-1-3-7-12/h1-10H,11H2,(H,19,20). The summed E-state index contributed by atoms with van der Waals surface area (Å²) in [5, 5.41) is 10.8. The Morgan fingerprint density at radius 2 is 1.76 bits per heavy atom. The minimum Gasteiger partial charge on any atom is -0.478 e. The molecule has 3 nitrogen and oxygen atoms in total. The fourth-order valence-corrected chi connectivity index (χ4v) is 3.05. The van der Waals surface area contributed by atoms with Gasteiger partial charge in [-0.2, -0.15) is 0 Å². The van der Waals surface area contributed by atoms with Crippen LogP contribution < -0.4 is 0 Å². The Kier molecular flexibility index (Phi) is 3.88. The Morgan fingerprint density at radius 1 is 1.05 bits per heavy atom. The highest BCUT2D eigenvalue weighted by atomic mass is 32.2. The van der Waals surface area contributed by atoms with Crippen molar-refractivity contribution in [3.63, 3.8) is 0 Å². The van der Waals surface area contributed by atoms with Gasteiger partial charge in [-0.05, 0) is 17.7 Å². The maximum atomic E-state index is 11.4. The summed E-state index contributed by atoms with van der Waals surface area (Å²) in [5.41, 5.74) is 2.22. The van der Waals surface area contributed by atoms with Crippen molar-refractivity contribution < 1.29 is 9.90 Å². The van der Waals surface area contributed by atoms with Gasteiger partial charge in [-0.1, -0.05) is 48.5 Å². The number of carboxylic acids is 1. The molecule has 0 unspecified atom stereocenters. The predicted octanol–water partition coefficient (Wildman–Crippen LogP) is 4.23. The van der Waals surface area contributed by atoms with E-state index in [0.29, 0.717) is 10.8 Å². The van der Waals surface area contributed by atoms with Crippen LogP contribution in [0.25, 0.3) is 10.9 Å². The molecular weight excluding hydrogens is 282 g/mol. The Labute approximate surface area is 126 Å². The molecule has 0 fully saturated rings. The third-order valence-corrected chi connectivity index (χ3v) is 4.20. The van der Waals surface area contributed by atoms with Crippen LogP contribution in [0.5, 0.6) is 0 Å². The van der Waals surface area contributed by atoms with E-state index in [4.69, 9.17) is 0 Å². The molecule has 0 radical (unpaired) electrons. The first-order valence-corrected chi connectivity index (χ1v) is 7.52. The molecule has 3 aromatic rings. The molecule has 0 spiro atoms. The maximum absolute atomic E-state index is 11.4. The van der Waals surface area contributed by atoms with Gasteiger partial charge in [-0.25, -0.2) is 9.78 Å². The van der Waals surface area contributed by atoms with E-state index in [9.17, 15) is 9.90 Å². The van der Waals surface area contributed by atoms with Crippen LogP contribution in [0.1, 0.15) is 15.9 Å². The second kappa shape index (κ2) is 5.97. The van der Waals surface area contributed by atoms with Crippen molar-refractivity contribution >= 4 is 28.6 Å². The Morgan fingerprint density at radius 3 is 2.52 bits per heavy atom. The number of thioether (sulfide) groups is 1. The maximum Gasteiger partial charge on any atom is 0.338 e. The molecule has 0 atom stereocenters. The molecule has 104 valence electrons. The van der Waals surface area contributed by atoms with Crippen molar-refractivity contribution in [2.45, 2.75) is 10.8 Å². The molecule has 0 bridgehead atoms. The molecule has 1 heterocycles. The monoisotopic (exact) mass is 295 g/mol. The Balaban J connectivity index is 1.96. The van der Waals surface area contributed by atoms with Gasteiger partial charge >= 0.3 is 5.97 Å². The number of pyridine rings is 1. The Bertz CT molecular complexity index is 787. The van der Waals surface area contributed by atoms with E-state index < -0.39 is 5.97 Å². The van der Waals surface area contributed by atoms with Crippen LogP contribution in [0.4, 0.5) is 0 Å². The summed E-state index contributed by atoms with van der Waals surface area (Å²) in [7, 11) is 0. The van der Waals surface area contributed by atoms with E-state index in [0.717, 1.165) is 16.5 Å². The zero-order valence-corrected chi connectivity index (χ0v) is 12.0. The zero-order valence-electron chi connectivity index (χ0n) is 11.2. The first-order chi connectivity index (χ1) is 10.2. The van der Waals surface area contributed by atoms with Crippen molar-refractivity contribution in [3.05, 3.63) is 71.8 Å². The molecule has 0 saturated heterocycles. The summed E-state index contributed by atoms with van der Waals surface area (Å²) in [6, 6.07) is 19.2. The molecule has 0 saturated carbocycles.